The minimum atomic E-state index is -0.803. The summed E-state index contributed by atoms with van der Waals surface area (Å²) < 4.78 is 0. The molecule has 0 bridgehead atoms. The molecular formula is C36H28Cl2NiP2+2. The molecule has 8 rings (SSSR count). The Labute approximate surface area is 259 Å². The molecule has 0 atom stereocenters. The molecule has 5 heteroatoms. The number of hydrogen-bond acceptors (Lipinski definition) is 0. The molecule has 0 spiro atoms. The van der Waals surface area contributed by atoms with E-state index in [2.05, 4.69) is 158 Å². The normalized spacial score (nSPS) is 12.6. The van der Waals surface area contributed by atoms with Gasteiger partial charge in [-0.25, -0.2) is 0 Å². The van der Waals surface area contributed by atoms with E-state index in [4.69, 9.17) is 20.4 Å². The van der Waals surface area contributed by atoms with Crippen molar-refractivity contribution in [3.05, 3.63) is 158 Å². The third-order valence-electron chi connectivity index (χ3n) is 7.49. The van der Waals surface area contributed by atoms with E-state index in [-0.39, 0.29) is 0 Å². The predicted octanol–water partition coefficient (Wildman–Crippen LogP) is 7.69. The van der Waals surface area contributed by atoms with Gasteiger partial charge >= 0.3 is 33.0 Å². The fourth-order valence-corrected chi connectivity index (χ4v) is 11.7. The minimum absolute atomic E-state index is 0.569. The van der Waals surface area contributed by atoms with Crippen LogP contribution in [0.3, 0.4) is 0 Å². The van der Waals surface area contributed by atoms with Crippen molar-refractivity contribution in [2.75, 3.05) is 0 Å². The Morgan fingerprint density at radius 2 is 0.537 bits per heavy atom. The van der Waals surface area contributed by atoms with Gasteiger partial charge in [-0.05, 0) is 48.5 Å². The third kappa shape index (κ3) is 5.81. The predicted molar refractivity (Wildman–Crippen MR) is 183 cm³/mol. The van der Waals surface area contributed by atoms with Crippen LogP contribution in [0.4, 0.5) is 0 Å². The molecule has 0 saturated heterocycles. The molecule has 6 aromatic rings. The average Bonchev–Trinajstić information content (AvgIpc) is 3.56. The zero-order valence-electron chi connectivity index (χ0n) is 22.1. The van der Waals surface area contributed by atoms with Gasteiger partial charge in [0.2, 0.25) is 0 Å². The molecule has 6 aromatic carbocycles. The van der Waals surface area contributed by atoms with Crippen molar-refractivity contribution in [3.8, 4) is 22.3 Å². The summed E-state index contributed by atoms with van der Waals surface area (Å²) in [6.45, 7) is 0. The minimum Gasteiger partial charge on any atom is -0.0620 e. The van der Waals surface area contributed by atoms with Gasteiger partial charge < -0.3 is 0 Å². The Bertz CT molecular complexity index is 1540. The summed E-state index contributed by atoms with van der Waals surface area (Å²) in [6.07, 6.45) is 0. The molecule has 0 amide bonds. The fraction of sp³-hybridized carbons (Fsp3) is 0. The maximum absolute atomic E-state index is 4.70. The summed E-state index contributed by atoms with van der Waals surface area (Å²) in [5.41, 5.74) is 5.71. The van der Waals surface area contributed by atoms with E-state index in [1.54, 1.807) is 0 Å². The second kappa shape index (κ2) is 13.5. The molecular weight excluding hydrogens is 624 g/mol. The summed E-state index contributed by atoms with van der Waals surface area (Å²) in [5, 5.41) is 9.06. The van der Waals surface area contributed by atoms with Crippen LogP contribution in [0.2, 0.25) is 0 Å². The van der Waals surface area contributed by atoms with E-state index in [0.29, 0.717) is 12.7 Å². The molecule has 2 aliphatic heterocycles. The maximum Gasteiger partial charge on any atom is 0.110 e. The first-order valence-corrected chi connectivity index (χ1v) is 19.1. The maximum atomic E-state index is 4.70. The topological polar surface area (TPSA) is 0 Å². The quantitative estimate of drug-likeness (QED) is 0.133. The molecule has 0 aliphatic carbocycles. The van der Waals surface area contributed by atoms with Crippen molar-refractivity contribution in [1.29, 1.82) is 0 Å². The molecule has 2 heterocycles. The monoisotopic (exact) mass is 650 g/mol. The number of benzene rings is 6. The number of rotatable bonds is 2. The van der Waals surface area contributed by atoms with Gasteiger partial charge in [0, 0.05) is 22.3 Å². The van der Waals surface area contributed by atoms with Gasteiger partial charge in [-0.2, -0.15) is 0 Å². The Balaban J connectivity index is 0.000000135. The fourth-order valence-electron chi connectivity index (χ4n) is 5.87. The van der Waals surface area contributed by atoms with Crippen molar-refractivity contribution in [3.63, 3.8) is 0 Å². The summed E-state index contributed by atoms with van der Waals surface area (Å²) in [7, 11) is 7.80. The zero-order chi connectivity index (χ0) is 28.0. The van der Waals surface area contributed by atoms with Crippen LogP contribution < -0.4 is 31.8 Å². The Morgan fingerprint density at radius 1 is 0.317 bits per heavy atom. The second-order valence-electron chi connectivity index (χ2n) is 9.71. The largest absolute Gasteiger partial charge is 0.110 e. The summed E-state index contributed by atoms with van der Waals surface area (Å²) in [6, 6.07) is 57.4. The van der Waals surface area contributed by atoms with Gasteiger partial charge in [-0.1, -0.05) is 109 Å². The standard InChI is InChI=1S/2C18H13P.2ClH.Ni/c2*1-2-8-14(9-3-1)19-17-12-6-4-10-15(17)16-11-5-7-13-18(16)19;;;/h2*1-13H;2*1H;/q;;;;+2. The van der Waals surface area contributed by atoms with Crippen molar-refractivity contribution in [1.82, 2.24) is 0 Å². The molecule has 41 heavy (non-hydrogen) atoms. The molecule has 2 aliphatic rings. The van der Waals surface area contributed by atoms with Crippen LogP contribution in [0.1, 0.15) is 0 Å². The molecule has 0 unspecified atom stereocenters. The third-order valence-corrected chi connectivity index (χ3v) is 13.2. The van der Waals surface area contributed by atoms with E-state index in [1.807, 2.05) is 0 Å². The van der Waals surface area contributed by atoms with E-state index in [9.17, 15) is 0 Å². The Hall–Kier alpha value is -2.75. The average molecular weight is 652 g/mol. The van der Waals surface area contributed by atoms with Crippen LogP contribution in [-0.4, -0.2) is 0 Å². The number of halogens is 2. The first kappa shape index (κ1) is 28.4. The van der Waals surface area contributed by atoms with Gasteiger partial charge in [-0.3, -0.25) is 0 Å². The second-order valence-corrected chi connectivity index (χ2v) is 16.2. The van der Waals surface area contributed by atoms with Crippen LogP contribution in [0.5, 0.6) is 0 Å². The Morgan fingerprint density at radius 3 is 0.805 bits per heavy atom. The van der Waals surface area contributed by atoms with Crippen LogP contribution in [0.25, 0.3) is 22.3 Å². The van der Waals surface area contributed by atoms with E-state index >= 15 is 0 Å². The van der Waals surface area contributed by atoms with Crippen LogP contribution >= 0.6 is 36.2 Å². The van der Waals surface area contributed by atoms with Crippen molar-refractivity contribution < 1.29 is 12.7 Å². The van der Waals surface area contributed by atoms with Gasteiger partial charge in [0.1, 0.15) is 31.8 Å². The van der Waals surface area contributed by atoms with Gasteiger partial charge in [0.05, 0.1) is 15.8 Å². The Kier molecular flexibility index (Phi) is 9.33. The van der Waals surface area contributed by atoms with E-state index in [0.717, 1.165) is 0 Å². The van der Waals surface area contributed by atoms with Crippen LogP contribution in [0.15, 0.2) is 158 Å². The first-order valence-electron chi connectivity index (χ1n) is 13.4. The molecule has 0 aromatic heterocycles. The zero-order valence-corrected chi connectivity index (χ0v) is 26.6. The summed E-state index contributed by atoms with van der Waals surface area (Å²) in [5.74, 6) is 0. The molecule has 204 valence electrons. The van der Waals surface area contributed by atoms with Gasteiger partial charge in [0.15, 0.2) is 0 Å². The first-order chi connectivity index (χ1) is 20.3. The summed E-state index contributed by atoms with van der Waals surface area (Å²) >= 11 is 0.569. The molecule has 0 saturated carbocycles. The van der Waals surface area contributed by atoms with Gasteiger partial charge in [-0.15, -0.1) is 0 Å². The van der Waals surface area contributed by atoms with Crippen molar-refractivity contribution >= 4 is 68.1 Å². The van der Waals surface area contributed by atoms with Crippen LogP contribution in [-0.2, 0) is 12.7 Å². The molecule has 0 nitrogen and oxygen atoms in total. The van der Waals surface area contributed by atoms with E-state index < -0.39 is 15.8 Å². The van der Waals surface area contributed by atoms with Crippen molar-refractivity contribution in [2.45, 2.75) is 0 Å². The van der Waals surface area contributed by atoms with Crippen molar-refractivity contribution in [2.24, 2.45) is 0 Å². The van der Waals surface area contributed by atoms with E-state index in [1.165, 1.54) is 54.1 Å². The number of fused-ring (bicyclic) bond motifs is 6. The molecule has 0 radical (unpaired) electrons. The smallest absolute Gasteiger partial charge is 0.0620 e. The summed E-state index contributed by atoms with van der Waals surface area (Å²) in [4.78, 5) is 0. The SMILES string of the molecule is [Cl][Ni][Cl].c1ccc([PH+]2c3ccccc3-c3ccccc32)cc1.c1ccc([PH+]2c3ccccc3-c3ccccc32)cc1. The molecule has 0 fully saturated rings. The number of hydrogen-bond donors (Lipinski definition) is 0. The molecule has 0 N–H and O–H groups in total. The van der Waals surface area contributed by atoms with Crippen LogP contribution in [0, 0.1) is 0 Å². The van der Waals surface area contributed by atoms with Gasteiger partial charge in [0.25, 0.3) is 0 Å².